The molecule has 2 amide bonds. The molecule has 1 aliphatic carbocycles. The van der Waals surface area contributed by atoms with E-state index in [-0.39, 0.29) is 24.8 Å². The van der Waals surface area contributed by atoms with Crippen molar-refractivity contribution in [1.82, 2.24) is 10.2 Å². The van der Waals surface area contributed by atoms with E-state index in [9.17, 15) is 24.6 Å². The van der Waals surface area contributed by atoms with E-state index < -0.39 is 30.1 Å². The standard InChI is InChI=1S/C20H25BrN2O5/c21-14-8-6-13(7-9-14)18(25)22-17(12-4-2-1-3-5-12)19(26)23-11-15(24)10-16(23)20(27)28/h6-9,12,15-17,24H,1-5,10-11H2,(H,22,25)(H,27,28)/t15-,16+,17?/m1/s1. The summed E-state index contributed by atoms with van der Waals surface area (Å²) in [5.74, 6) is -1.94. The maximum Gasteiger partial charge on any atom is 0.326 e. The Labute approximate surface area is 172 Å². The lowest BCUT2D eigenvalue weighted by Crippen LogP contribution is -2.55. The molecule has 2 fully saturated rings. The lowest BCUT2D eigenvalue weighted by atomic mass is 9.83. The first-order chi connectivity index (χ1) is 13.4. The normalized spacial score (nSPS) is 24.0. The molecule has 1 aromatic carbocycles. The Bertz CT molecular complexity index is 733. The monoisotopic (exact) mass is 452 g/mol. The SMILES string of the molecule is O=C(NC(C(=O)N1C[C@H](O)C[C@H]1C(=O)O)C1CCCCC1)c1ccc(Br)cc1. The van der Waals surface area contributed by atoms with Gasteiger partial charge in [-0.3, -0.25) is 9.59 Å². The van der Waals surface area contributed by atoms with Gasteiger partial charge in [0.15, 0.2) is 0 Å². The fourth-order valence-corrected chi connectivity index (χ4v) is 4.41. The molecule has 3 atom stereocenters. The number of carbonyl (C=O) groups is 3. The van der Waals surface area contributed by atoms with E-state index >= 15 is 0 Å². The molecule has 3 N–H and O–H groups in total. The fraction of sp³-hybridized carbons (Fsp3) is 0.550. The summed E-state index contributed by atoms with van der Waals surface area (Å²) >= 11 is 3.33. The van der Waals surface area contributed by atoms with E-state index in [2.05, 4.69) is 21.2 Å². The number of hydrogen-bond acceptors (Lipinski definition) is 4. The number of amides is 2. The average molecular weight is 453 g/mol. The Morgan fingerprint density at radius 1 is 1.11 bits per heavy atom. The largest absolute Gasteiger partial charge is 0.480 e. The predicted molar refractivity (Wildman–Crippen MR) is 106 cm³/mol. The van der Waals surface area contributed by atoms with Gasteiger partial charge in [0.25, 0.3) is 5.91 Å². The molecule has 1 heterocycles. The number of aliphatic carboxylic acids is 1. The highest BCUT2D eigenvalue weighted by molar-refractivity contribution is 9.10. The first kappa shape index (κ1) is 20.8. The summed E-state index contributed by atoms with van der Waals surface area (Å²) in [6, 6.07) is 5.00. The van der Waals surface area contributed by atoms with E-state index in [0.29, 0.717) is 5.56 Å². The maximum absolute atomic E-state index is 13.3. The Kier molecular flexibility index (Phi) is 6.72. The van der Waals surface area contributed by atoms with Gasteiger partial charge in [-0.1, -0.05) is 35.2 Å². The first-order valence-corrected chi connectivity index (χ1v) is 10.4. The molecule has 1 saturated heterocycles. The number of likely N-dealkylation sites (tertiary alicyclic amines) is 1. The first-order valence-electron chi connectivity index (χ1n) is 9.64. The summed E-state index contributed by atoms with van der Waals surface area (Å²) < 4.78 is 0.847. The van der Waals surface area contributed by atoms with Crippen LogP contribution in [0.5, 0.6) is 0 Å². The summed E-state index contributed by atoms with van der Waals surface area (Å²) in [6.45, 7) is -0.0207. The molecule has 1 saturated carbocycles. The number of nitrogens with one attached hydrogen (secondary N) is 1. The lowest BCUT2D eigenvalue weighted by Gasteiger charge is -2.34. The predicted octanol–water partition coefficient (Wildman–Crippen LogP) is 2.17. The number of carbonyl (C=O) groups excluding carboxylic acids is 2. The number of benzene rings is 1. The van der Waals surface area contributed by atoms with Gasteiger partial charge >= 0.3 is 5.97 Å². The van der Waals surface area contributed by atoms with E-state index in [1.54, 1.807) is 24.3 Å². The lowest BCUT2D eigenvalue weighted by molar-refractivity contribution is -0.149. The van der Waals surface area contributed by atoms with Gasteiger partial charge < -0.3 is 20.4 Å². The molecule has 0 radical (unpaired) electrons. The zero-order chi connectivity index (χ0) is 20.3. The molecule has 7 nitrogen and oxygen atoms in total. The van der Waals surface area contributed by atoms with Crippen molar-refractivity contribution in [2.24, 2.45) is 5.92 Å². The van der Waals surface area contributed by atoms with Gasteiger partial charge in [0.05, 0.1) is 6.10 Å². The third-order valence-corrected chi connectivity index (χ3v) is 6.16. The van der Waals surface area contributed by atoms with Gasteiger partial charge in [-0.25, -0.2) is 4.79 Å². The van der Waals surface area contributed by atoms with Crippen LogP contribution in [-0.2, 0) is 9.59 Å². The van der Waals surface area contributed by atoms with E-state index in [1.165, 1.54) is 4.90 Å². The highest BCUT2D eigenvalue weighted by Crippen LogP contribution is 2.29. The molecule has 3 rings (SSSR count). The van der Waals surface area contributed by atoms with Crippen molar-refractivity contribution in [3.8, 4) is 0 Å². The second-order valence-corrected chi connectivity index (χ2v) is 8.51. The van der Waals surface area contributed by atoms with E-state index in [0.717, 1.165) is 36.6 Å². The zero-order valence-electron chi connectivity index (χ0n) is 15.5. The molecule has 0 bridgehead atoms. The molecule has 8 heteroatoms. The highest BCUT2D eigenvalue weighted by Gasteiger charge is 2.43. The smallest absolute Gasteiger partial charge is 0.326 e. The van der Waals surface area contributed by atoms with Crippen molar-refractivity contribution in [2.45, 2.75) is 56.7 Å². The van der Waals surface area contributed by atoms with Gasteiger partial charge in [0.2, 0.25) is 5.91 Å². The molecular formula is C20H25BrN2O5. The van der Waals surface area contributed by atoms with Gasteiger partial charge in [-0.15, -0.1) is 0 Å². The van der Waals surface area contributed by atoms with Gasteiger partial charge in [-0.2, -0.15) is 0 Å². The second-order valence-electron chi connectivity index (χ2n) is 7.59. The number of rotatable bonds is 5. The minimum absolute atomic E-state index is 0.0130. The molecule has 1 unspecified atom stereocenters. The minimum Gasteiger partial charge on any atom is -0.480 e. The van der Waals surface area contributed by atoms with Crippen molar-refractivity contribution >= 4 is 33.7 Å². The Morgan fingerprint density at radius 3 is 2.36 bits per heavy atom. The molecule has 1 aromatic rings. The number of halogens is 1. The number of hydrogen-bond donors (Lipinski definition) is 3. The summed E-state index contributed by atoms with van der Waals surface area (Å²) in [5.41, 5.74) is 0.438. The van der Waals surface area contributed by atoms with Crippen molar-refractivity contribution in [2.75, 3.05) is 6.54 Å². The van der Waals surface area contributed by atoms with Crippen molar-refractivity contribution < 1.29 is 24.6 Å². The van der Waals surface area contributed by atoms with Crippen LogP contribution in [0.25, 0.3) is 0 Å². The molecule has 28 heavy (non-hydrogen) atoms. The van der Waals surface area contributed by atoms with Gasteiger partial charge in [0.1, 0.15) is 12.1 Å². The Hall–Kier alpha value is -1.93. The van der Waals surface area contributed by atoms with Crippen molar-refractivity contribution in [3.63, 3.8) is 0 Å². The third-order valence-electron chi connectivity index (χ3n) is 5.63. The topological polar surface area (TPSA) is 107 Å². The fourth-order valence-electron chi connectivity index (χ4n) is 4.14. The quantitative estimate of drug-likeness (QED) is 0.634. The summed E-state index contributed by atoms with van der Waals surface area (Å²) in [5, 5.41) is 22.2. The molecule has 152 valence electrons. The van der Waals surface area contributed by atoms with Crippen LogP contribution in [0.15, 0.2) is 28.7 Å². The third kappa shape index (κ3) is 4.72. The molecule has 0 spiro atoms. The average Bonchev–Trinajstić information content (AvgIpc) is 3.09. The number of nitrogens with zero attached hydrogens (tertiary/aromatic N) is 1. The van der Waals surface area contributed by atoms with Crippen molar-refractivity contribution in [1.29, 1.82) is 0 Å². The maximum atomic E-state index is 13.3. The van der Waals surface area contributed by atoms with Gasteiger partial charge in [-0.05, 0) is 43.0 Å². The number of aliphatic hydroxyl groups excluding tert-OH is 1. The van der Waals surface area contributed by atoms with Crippen LogP contribution < -0.4 is 5.32 Å². The van der Waals surface area contributed by atoms with Crippen LogP contribution in [0.1, 0.15) is 48.9 Å². The van der Waals surface area contributed by atoms with E-state index in [4.69, 9.17) is 0 Å². The summed E-state index contributed by atoms with van der Waals surface area (Å²) in [6.07, 6.45) is 3.83. The van der Waals surface area contributed by atoms with Crippen LogP contribution in [-0.4, -0.2) is 57.6 Å². The van der Waals surface area contributed by atoms with Crippen LogP contribution in [0.4, 0.5) is 0 Å². The van der Waals surface area contributed by atoms with Crippen LogP contribution in [0.3, 0.4) is 0 Å². The number of aliphatic hydroxyl groups is 1. The highest BCUT2D eigenvalue weighted by atomic mass is 79.9. The minimum atomic E-state index is -1.13. The molecular weight excluding hydrogens is 428 g/mol. The number of carboxylic acid groups (broad SMARTS) is 1. The second kappa shape index (κ2) is 9.05. The van der Waals surface area contributed by atoms with Crippen LogP contribution in [0, 0.1) is 5.92 Å². The van der Waals surface area contributed by atoms with Crippen LogP contribution >= 0.6 is 15.9 Å². The molecule has 0 aromatic heterocycles. The Morgan fingerprint density at radius 2 is 1.75 bits per heavy atom. The zero-order valence-corrected chi connectivity index (χ0v) is 17.1. The van der Waals surface area contributed by atoms with Gasteiger partial charge in [0, 0.05) is 23.0 Å². The Balaban J connectivity index is 1.82. The molecule has 2 aliphatic rings. The number of β-amino-alcohol motifs (C(OH)–C–C–N with tert-alkyl or cyclic N) is 1. The van der Waals surface area contributed by atoms with Crippen LogP contribution in [0.2, 0.25) is 0 Å². The summed E-state index contributed by atoms with van der Waals surface area (Å²) in [7, 11) is 0. The number of carboxylic acids is 1. The van der Waals surface area contributed by atoms with Crippen molar-refractivity contribution in [3.05, 3.63) is 34.3 Å². The van der Waals surface area contributed by atoms with E-state index in [1.807, 2.05) is 0 Å². The molecule has 1 aliphatic heterocycles. The summed E-state index contributed by atoms with van der Waals surface area (Å²) in [4.78, 5) is 38.8.